The molecule has 8 nitrogen and oxygen atoms in total. The Kier molecular flexibility index (Phi) is 6.19. The van der Waals surface area contributed by atoms with Gasteiger partial charge in [0.05, 0.1) is 0 Å². The van der Waals surface area contributed by atoms with E-state index in [2.05, 4.69) is 49.4 Å². The Hall–Kier alpha value is -3.49. The van der Waals surface area contributed by atoms with Crippen molar-refractivity contribution in [3.05, 3.63) is 78.5 Å². The normalized spacial score (nSPS) is 16.2. The minimum atomic E-state index is -0.348. The van der Waals surface area contributed by atoms with Gasteiger partial charge in [-0.1, -0.05) is 30.3 Å². The maximum absolute atomic E-state index is 12.1. The number of rotatable bonds is 8. The van der Waals surface area contributed by atoms with Gasteiger partial charge in [0.2, 0.25) is 5.91 Å². The predicted octanol–water partition coefficient (Wildman–Crippen LogP) is 2.53. The number of nitrogens with two attached hydrogens (primary N) is 1. The quantitative estimate of drug-likeness (QED) is 0.436. The standard InChI is InChI=1S/C25H29N7O/c26-25(33)24(19-5-2-1-3-6-19)31-13-11-30(12-14-31)10-4-7-20-16-27-23-9-8-21(15-22(20)23)32-17-28-29-18-32/h1-3,5-6,8-9,15-18,24,27H,4,7,10-14H2,(H2,26,33). The van der Waals surface area contributed by atoms with Gasteiger partial charge in [-0.3, -0.25) is 14.3 Å². The Labute approximate surface area is 193 Å². The average Bonchev–Trinajstić information content (AvgIpc) is 3.51. The summed E-state index contributed by atoms with van der Waals surface area (Å²) in [5.41, 5.74) is 10.3. The number of piperazine rings is 1. The lowest BCUT2D eigenvalue weighted by molar-refractivity contribution is -0.124. The van der Waals surface area contributed by atoms with E-state index in [1.54, 1.807) is 12.7 Å². The van der Waals surface area contributed by atoms with Gasteiger partial charge in [0, 0.05) is 49.0 Å². The number of aromatic amines is 1. The van der Waals surface area contributed by atoms with Gasteiger partial charge in [0.15, 0.2) is 0 Å². The Morgan fingerprint density at radius 1 is 1.03 bits per heavy atom. The molecule has 1 aliphatic heterocycles. The third-order valence-corrected chi connectivity index (χ3v) is 6.55. The van der Waals surface area contributed by atoms with Crippen molar-refractivity contribution in [3.63, 3.8) is 0 Å². The number of aryl methyl sites for hydroxylation is 1. The van der Waals surface area contributed by atoms with Crippen molar-refractivity contribution in [3.8, 4) is 5.69 Å². The molecule has 1 unspecified atom stereocenters. The molecular formula is C25H29N7O. The number of carbonyl (C=O) groups excluding carboxylic acids is 1. The molecule has 0 saturated carbocycles. The third-order valence-electron chi connectivity index (χ3n) is 6.55. The summed E-state index contributed by atoms with van der Waals surface area (Å²) in [5.74, 6) is -0.278. The van der Waals surface area contributed by atoms with Crippen LogP contribution < -0.4 is 5.73 Å². The molecule has 3 N–H and O–H groups in total. The number of amides is 1. The van der Waals surface area contributed by atoms with E-state index < -0.39 is 0 Å². The van der Waals surface area contributed by atoms with E-state index >= 15 is 0 Å². The highest BCUT2D eigenvalue weighted by molar-refractivity contribution is 5.85. The molecule has 0 aliphatic carbocycles. The molecular weight excluding hydrogens is 414 g/mol. The zero-order chi connectivity index (χ0) is 22.6. The summed E-state index contributed by atoms with van der Waals surface area (Å²) < 4.78 is 1.92. The van der Waals surface area contributed by atoms with Crippen LogP contribution in [-0.4, -0.2) is 68.2 Å². The van der Waals surface area contributed by atoms with Crippen LogP contribution >= 0.6 is 0 Å². The second kappa shape index (κ2) is 9.56. The highest BCUT2D eigenvalue weighted by Crippen LogP contribution is 2.24. The smallest absolute Gasteiger partial charge is 0.239 e. The van der Waals surface area contributed by atoms with Crippen molar-refractivity contribution < 1.29 is 4.79 Å². The fraction of sp³-hybridized carbons (Fsp3) is 0.320. The average molecular weight is 444 g/mol. The molecule has 1 atom stereocenters. The van der Waals surface area contributed by atoms with Crippen LogP contribution in [0.5, 0.6) is 0 Å². The number of hydrogen-bond acceptors (Lipinski definition) is 5. The third kappa shape index (κ3) is 4.67. The van der Waals surface area contributed by atoms with Gasteiger partial charge < -0.3 is 15.6 Å². The molecule has 3 heterocycles. The summed E-state index contributed by atoms with van der Waals surface area (Å²) in [5, 5.41) is 9.06. The lowest BCUT2D eigenvalue weighted by Crippen LogP contribution is -2.50. The Bertz CT molecular complexity index is 1190. The molecule has 5 rings (SSSR count). The molecule has 1 saturated heterocycles. The summed E-state index contributed by atoms with van der Waals surface area (Å²) in [6, 6.07) is 15.9. The van der Waals surface area contributed by atoms with Crippen molar-refractivity contribution in [2.24, 2.45) is 5.73 Å². The largest absolute Gasteiger partial charge is 0.368 e. The number of nitrogens with one attached hydrogen (secondary N) is 1. The topological polar surface area (TPSA) is 96.1 Å². The van der Waals surface area contributed by atoms with Crippen LogP contribution in [0, 0.1) is 0 Å². The second-order valence-electron chi connectivity index (χ2n) is 8.61. The van der Waals surface area contributed by atoms with Gasteiger partial charge in [0.1, 0.15) is 18.7 Å². The first-order valence-electron chi connectivity index (χ1n) is 11.4. The second-order valence-corrected chi connectivity index (χ2v) is 8.61. The lowest BCUT2D eigenvalue weighted by Gasteiger charge is -2.38. The number of hydrogen-bond donors (Lipinski definition) is 2. The van der Waals surface area contributed by atoms with E-state index in [9.17, 15) is 4.79 Å². The van der Waals surface area contributed by atoms with Crippen molar-refractivity contribution in [2.75, 3.05) is 32.7 Å². The van der Waals surface area contributed by atoms with Crippen LogP contribution in [0.3, 0.4) is 0 Å². The summed E-state index contributed by atoms with van der Waals surface area (Å²) in [7, 11) is 0. The maximum atomic E-state index is 12.1. The van der Waals surface area contributed by atoms with Crippen molar-refractivity contribution in [2.45, 2.75) is 18.9 Å². The number of benzene rings is 2. The van der Waals surface area contributed by atoms with Gasteiger partial charge >= 0.3 is 0 Å². The number of H-pyrrole nitrogens is 1. The molecule has 33 heavy (non-hydrogen) atoms. The number of primary amides is 1. The molecule has 2 aromatic carbocycles. The van der Waals surface area contributed by atoms with Crippen LogP contribution in [0.15, 0.2) is 67.4 Å². The molecule has 170 valence electrons. The molecule has 4 aromatic rings. The predicted molar refractivity (Wildman–Crippen MR) is 128 cm³/mol. The Morgan fingerprint density at radius 2 is 1.79 bits per heavy atom. The van der Waals surface area contributed by atoms with Crippen LogP contribution in [0.25, 0.3) is 16.6 Å². The lowest BCUT2D eigenvalue weighted by atomic mass is 10.0. The maximum Gasteiger partial charge on any atom is 0.239 e. The minimum Gasteiger partial charge on any atom is -0.368 e. The molecule has 0 radical (unpaired) electrons. The van der Waals surface area contributed by atoms with E-state index in [0.717, 1.165) is 62.3 Å². The van der Waals surface area contributed by atoms with Crippen molar-refractivity contribution >= 4 is 16.8 Å². The van der Waals surface area contributed by atoms with Crippen molar-refractivity contribution in [1.29, 1.82) is 0 Å². The van der Waals surface area contributed by atoms with Gasteiger partial charge in [-0.2, -0.15) is 0 Å². The van der Waals surface area contributed by atoms with E-state index in [-0.39, 0.29) is 11.9 Å². The monoisotopic (exact) mass is 443 g/mol. The van der Waals surface area contributed by atoms with E-state index in [4.69, 9.17) is 5.73 Å². The van der Waals surface area contributed by atoms with Crippen LogP contribution in [0.4, 0.5) is 0 Å². The summed E-state index contributed by atoms with van der Waals surface area (Å²) >= 11 is 0. The first-order chi connectivity index (χ1) is 16.2. The van der Waals surface area contributed by atoms with Gasteiger partial charge in [-0.25, -0.2) is 0 Å². The minimum absolute atomic E-state index is 0.278. The fourth-order valence-corrected chi connectivity index (χ4v) is 4.80. The zero-order valence-electron chi connectivity index (χ0n) is 18.6. The molecule has 0 spiro atoms. The summed E-state index contributed by atoms with van der Waals surface area (Å²) in [6.07, 6.45) is 7.65. The molecule has 1 fully saturated rings. The van der Waals surface area contributed by atoms with Crippen LogP contribution in [0.1, 0.15) is 23.6 Å². The number of aromatic nitrogens is 4. The van der Waals surface area contributed by atoms with Gasteiger partial charge in [0.25, 0.3) is 0 Å². The first-order valence-corrected chi connectivity index (χ1v) is 11.4. The highest BCUT2D eigenvalue weighted by Gasteiger charge is 2.28. The molecule has 2 aromatic heterocycles. The highest BCUT2D eigenvalue weighted by atomic mass is 16.1. The Balaban J connectivity index is 1.16. The summed E-state index contributed by atoms with van der Waals surface area (Å²) in [4.78, 5) is 20.2. The van der Waals surface area contributed by atoms with Crippen molar-refractivity contribution in [1.82, 2.24) is 29.5 Å². The summed E-state index contributed by atoms with van der Waals surface area (Å²) in [6.45, 7) is 4.62. The van der Waals surface area contributed by atoms with E-state index in [1.165, 1.54) is 10.9 Å². The molecule has 1 aliphatic rings. The fourth-order valence-electron chi connectivity index (χ4n) is 4.80. The number of nitrogens with zero attached hydrogens (tertiary/aromatic N) is 5. The van der Waals surface area contributed by atoms with Gasteiger partial charge in [-0.15, -0.1) is 10.2 Å². The Morgan fingerprint density at radius 3 is 2.52 bits per heavy atom. The molecule has 1 amide bonds. The van der Waals surface area contributed by atoms with Gasteiger partial charge in [-0.05, 0) is 48.7 Å². The molecule has 8 heteroatoms. The molecule has 0 bridgehead atoms. The van der Waals surface area contributed by atoms with E-state index in [0.29, 0.717) is 0 Å². The number of carbonyl (C=O) groups is 1. The van der Waals surface area contributed by atoms with E-state index in [1.807, 2.05) is 34.9 Å². The SMILES string of the molecule is NC(=O)C(c1ccccc1)N1CCN(CCCc2c[nH]c3ccc(-n4cnnc4)cc23)CC1. The first kappa shape index (κ1) is 21.4. The van der Waals surface area contributed by atoms with Crippen LogP contribution in [-0.2, 0) is 11.2 Å². The zero-order valence-corrected chi connectivity index (χ0v) is 18.6. The number of fused-ring (bicyclic) bond motifs is 1. The van der Waals surface area contributed by atoms with Crippen LogP contribution in [0.2, 0.25) is 0 Å².